The first-order valence-electron chi connectivity index (χ1n) is 15.1. The topological polar surface area (TPSA) is 50.5 Å². The van der Waals surface area contributed by atoms with Crippen molar-refractivity contribution in [3.63, 3.8) is 0 Å². The summed E-state index contributed by atoms with van der Waals surface area (Å²) in [6.07, 6.45) is 0. The first kappa shape index (κ1) is 34.2. The lowest BCUT2D eigenvalue weighted by atomic mass is 9.75. The molecule has 0 bridgehead atoms. The smallest absolute Gasteiger partial charge is 0.136 e. The fourth-order valence-corrected chi connectivity index (χ4v) is 5.97. The van der Waals surface area contributed by atoms with E-state index in [0.29, 0.717) is 58.2 Å². The van der Waals surface area contributed by atoms with Crippen LogP contribution in [0, 0.1) is 62.6 Å². The standard InChI is InChI=1S/C19H17F3N2.C19H15F3N2/c2*1-10-4-6-13(7-5-10)17-11(2)23-24-12(3)18(17)19-15(21)8-14(20)9-16(19)22/h4-9,17-18H,1-3H3;4-9H,1-3H3. The van der Waals surface area contributed by atoms with E-state index >= 15 is 0 Å². The Morgan fingerprint density at radius 3 is 1.38 bits per heavy atom. The number of benzene rings is 4. The van der Waals surface area contributed by atoms with Crippen molar-refractivity contribution < 1.29 is 26.3 Å². The Bertz CT molecular complexity index is 2010. The molecular formula is C38H32F6N4. The Balaban J connectivity index is 0.000000188. The second-order valence-electron chi connectivity index (χ2n) is 11.9. The van der Waals surface area contributed by atoms with Crippen LogP contribution in [0.2, 0.25) is 0 Å². The van der Waals surface area contributed by atoms with Gasteiger partial charge in [-0.15, -0.1) is 0 Å². The molecule has 0 N–H and O–H groups in total. The molecule has 1 aliphatic rings. The summed E-state index contributed by atoms with van der Waals surface area (Å²) in [6, 6.07) is 18.0. The average Bonchev–Trinajstić information content (AvgIpc) is 3.01. The lowest BCUT2D eigenvalue weighted by Crippen LogP contribution is -2.28. The molecule has 0 radical (unpaired) electrons. The summed E-state index contributed by atoms with van der Waals surface area (Å²) >= 11 is 0. The minimum Gasteiger partial charge on any atom is -0.207 e. The maximum absolute atomic E-state index is 14.4. The highest BCUT2D eigenvalue weighted by Gasteiger charge is 2.36. The normalized spacial score (nSPS) is 15.8. The number of hydrogen-bond donors (Lipinski definition) is 0. The van der Waals surface area contributed by atoms with Gasteiger partial charge in [0.2, 0.25) is 0 Å². The fourth-order valence-electron chi connectivity index (χ4n) is 5.97. The number of aryl methyl sites for hydroxylation is 4. The van der Waals surface area contributed by atoms with E-state index in [4.69, 9.17) is 0 Å². The van der Waals surface area contributed by atoms with Gasteiger partial charge in [0, 0.05) is 64.2 Å². The van der Waals surface area contributed by atoms with Crippen molar-refractivity contribution in [1.29, 1.82) is 0 Å². The van der Waals surface area contributed by atoms with Crippen LogP contribution in [0.15, 0.2) is 83.0 Å². The number of rotatable bonds is 4. The van der Waals surface area contributed by atoms with Gasteiger partial charge in [0.1, 0.15) is 34.9 Å². The van der Waals surface area contributed by atoms with Crippen molar-refractivity contribution >= 4 is 11.4 Å². The Morgan fingerprint density at radius 1 is 0.458 bits per heavy atom. The van der Waals surface area contributed by atoms with Crippen LogP contribution in [0.25, 0.3) is 22.3 Å². The van der Waals surface area contributed by atoms with E-state index in [0.717, 1.165) is 22.3 Å². The molecule has 4 nitrogen and oxygen atoms in total. The highest BCUT2D eigenvalue weighted by atomic mass is 19.2. The number of halogens is 6. The van der Waals surface area contributed by atoms with Gasteiger partial charge in [0.05, 0.1) is 17.0 Å². The van der Waals surface area contributed by atoms with E-state index in [1.807, 2.05) is 62.4 Å². The molecule has 4 aromatic carbocycles. The van der Waals surface area contributed by atoms with Crippen LogP contribution in [0.5, 0.6) is 0 Å². The summed E-state index contributed by atoms with van der Waals surface area (Å²) in [4.78, 5) is 0. The summed E-state index contributed by atoms with van der Waals surface area (Å²) in [5.41, 5.74) is 6.32. The third-order valence-corrected chi connectivity index (χ3v) is 8.31. The van der Waals surface area contributed by atoms with Gasteiger partial charge in [-0.2, -0.15) is 20.4 Å². The first-order valence-corrected chi connectivity index (χ1v) is 15.1. The zero-order chi connectivity index (χ0) is 34.9. The lowest BCUT2D eigenvalue weighted by Gasteiger charge is -2.30. The Kier molecular flexibility index (Phi) is 9.93. The molecule has 0 fully saturated rings. The van der Waals surface area contributed by atoms with Crippen LogP contribution in [0.3, 0.4) is 0 Å². The number of nitrogens with zero attached hydrogens (tertiary/aromatic N) is 4. The lowest BCUT2D eigenvalue weighted by molar-refractivity contribution is 0.513. The Labute approximate surface area is 274 Å². The molecule has 5 aromatic rings. The van der Waals surface area contributed by atoms with E-state index in [9.17, 15) is 26.3 Å². The van der Waals surface area contributed by atoms with Crippen LogP contribution in [0.4, 0.5) is 26.3 Å². The molecule has 0 saturated carbocycles. The predicted molar refractivity (Wildman–Crippen MR) is 176 cm³/mol. The highest BCUT2D eigenvalue weighted by molar-refractivity contribution is 6.02. The zero-order valence-corrected chi connectivity index (χ0v) is 27.1. The molecule has 0 amide bonds. The van der Waals surface area contributed by atoms with Gasteiger partial charge >= 0.3 is 0 Å². The maximum Gasteiger partial charge on any atom is 0.136 e. The third kappa shape index (κ3) is 6.93. The van der Waals surface area contributed by atoms with E-state index in [1.54, 1.807) is 27.7 Å². The van der Waals surface area contributed by atoms with Crippen molar-refractivity contribution in [2.24, 2.45) is 10.2 Å². The van der Waals surface area contributed by atoms with Gasteiger partial charge in [0.15, 0.2) is 0 Å². The van der Waals surface area contributed by atoms with Crippen LogP contribution >= 0.6 is 0 Å². The van der Waals surface area contributed by atoms with Crippen LogP contribution in [0.1, 0.15) is 59.3 Å². The molecule has 10 heteroatoms. The van der Waals surface area contributed by atoms with Crippen molar-refractivity contribution in [2.75, 3.05) is 0 Å². The molecule has 6 rings (SSSR count). The van der Waals surface area contributed by atoms with Gasteiger partial charge in [-0.1, -0.05) is 59.7 Å². The van der Waals surface area contributed by atoms with E-state index in [-0.39, 0.29) is 17.0 Å². The van der Waals surface area contributed by atoms with Gasteiger partial charge in [0.25, 0.3) is 0 Å². The molecule has 2 heterocycles. The van der Waals surface area contributed by atoms with Gasteiger partial charge in [-0.05, 0) is 52.7 Å². The molecule has 0 aliphatic carbocycles. The van der Waals surface area contributed by atoms with Crippen LogP contribution < -0.4 is 0 Å². The SMILES string of the molecule is CC1=NN=C(C)C(c2c(F)cc(F)cc2F)C1c1ccc(C)cc1.Cc1ccc(-c2c(C)nnc(C)c2-c2c(F)cc(F)cc2F)cc1. The van der Waals surface area contributed by atoms with Gasteiger partial charge in [-0.3, -0.25) is 0 Å². The Hall–Kier alpha value is -5.12. The Morgan fingerprint density at radius 2 is 0.875 bits per heavy atom. The number of aromatic nitrogens is 2. The van der Waals surface area contributed by atoms with E-state index < -0.39 is 40.8 Å². The second kappa shape index (κ2) is 13.9. The van der Waals surface area contributed by atoms with Crippen molar-refractivity contribution in [3.8, 4) is 22.3 Å². The summed E-state index contributed by atoms with van der Waals surface area (Å²) < 4.78 is 84.0. The van der Waals surface area contributed by atoms with E-state index in [2.05, 4.69) is 20.4 Å². The maximum atomic E-state index is 14.4. The highest BCUT2D eigenvalue weighted by Crippen LogP contribution is 2.41. The zero-order valence-electron chi connectivity index (χ0n) is 27.1. The molecule has 246 valence electrons. The van der Waals surface area contributed by atoms with Crippen molar-refractivity contribution in [1.82, 2.24) is 10.2 Å². The predicted octanol–water partition coefficient (Wildman–Crippen LogP) is 10.3. The minimum atomic E-state index is -0.962. The van der Waals surface area contributed by atoms with Gasteiger partial charge < -0.3 is 0 Å². The molecule has 0 saturated heterocycles. The molecule has 2 unspecified atom stereocenters. The number of hydrogen-bond acceptors (Lipinski definition) is 4. The minimum absolute atomic E-state index is 0.169. The largest absolute Gasteiger partial charge is 0.207 e. The summed E-state index contributed by atoms with van der Waals surface area (Å²) in [7, 11) is 0. The van der Waals surface area contributed by atoms with Gasteiger partial charge in [-0.25, -0.2) is 26.3 Å². The molecule has 1 aromatic heterocycles. The quantitative estimate of drug-likeness (QED) is 0.181. The van der Waals surface area contributed by atoms with Crippen molar-refractivity contribution in [2.45, 2.75) is 53.4 Å². The molecular weight excluding hydrogens is 626 g/mol. The van der Waals surface area contributed by atoms with E-state index in [1.165, 1.54) is 0 Å². The molecule has 48 heavy (non-hydrogen) atoms. The first-order chi connectivity index (χ1) is 22.8. The third-order valence-electron chi connectivity index (χ3n) is 8.31. The fraction of sp³-hybridized carbons (Fsp3) is 0.211. The summed E-state index contributed by atoms with van der Waals surface area (Å²) in [6.45, 7) is 10.7. The molecule has 1 aliphatic heterocycles. The van der Waals surface area contributed by atoms with Crippen molar-refractivity contribution in [3.05, 3.63) is 141 Å². The summed E-state index contributed by atoms with van der Waals surface area (Å²) in [5, 5.41) is 16.2. The molecule has 2 atom stereocenters. The molecule has 0 spiro atoms. The monoisotopic (exact) mass is 658 g/mol. The van der Waals surface area contributed by atoms with Crippen LogP contribution in [-0.2, 0) is 0 Å². The second-order valence-corrected chi connectivity index (χ2v) is 11.9. The summed E-state index contributed by atoms with van der Waals surface area (Å²) in [5.74, 6) is -6.63. The van der Waals surface area contributed by atoms with Crippen LogP contribution in [-0.4, -0.2) is 21.6 Å². The average molecular weight is 659 g/mol.